The van der Waals surface area contributed by atoms with Crippen LogP contribution in [-0.2, 0) is 25.0 Å². The second kappa shape index (κ2) is 6.75. The molecule has 0 unspecified atom stereocenters. The summed E-state index contributed by atoms with van der Waals surface area (Å²) < 4.78 is 0. The molecule has 2 heteroatoms. The Labute approximate surface area is 98.5 Å². The van der Waals surface area contributed by atoms with Crippen LogP contribution in [0.1, 0.15) is 24.6 Å². The van der Waals surface area contributed by atoms with Gasteiger partial charge in [-0.15, -0.1) is 0 Å². The summed E-state index contributed by atoms with van der Waals surface area (Å²) >= 11 is 0. The average molecular weight is 224 g/mol. The van der Waals surface area contributed by atoms with Crippen molar-refractivity contribution in [2.75, 3.05) is 0 Å². The molecular formula is C12H15NV. The van der Waals surface area contributed by atoms with Crippen molar-refractivity contribution in [1.29, 1.82) is 0 Å². The van der Waals surface area contributed by atoms with E-state index in [1.807, 2.05) is 12.3 Å². The Kier molecular flexibility index (Phi) is 6.43. The molecule has 0 aliphatic heterocycles. The van der Waals surface area contributed by atoms with Crippen LogP contribution in [0.4, 0.5) is 0 Å². The van der Waals surface area contributed by atoms with Gasteiger partial charge in [0.25, 0.3) is 0 Å². The van der Waals surface area contributed by atoms with Crippen LogP contribution in [0.2, 0.25) is 0 Å². The summed E-state index contributed by atoms with van der Waals surface area (Å²) in [6, 6.07) is 4.13. The first-order chi connectivity index (χ1) is 6.31. The van der Waals surface area contributed by atoms with Crippen LogP contribution < -0.4 is 0 Å². The second-order valence-electron chi connectivity index (χ2n) is 2.87. The Hall–Kier alpha value is -0.656. The normalized spacial score (nSPS) is 10.9. The molecule has 1 nitrogen and oxygen atoms in total. The van der Waals surface area contributed by atoms with Gasteiger partial charge in [0.05, 0.1) is 0 Å². The number of pyridine rings is 1. The van der Waals surface area contributed by atoms with E-state index in [9.17, 15) is 0 Å². The topological polar surface area (TPSA) is 12.9 Å². The second-order valence-corrected chi connectivity index (χ2v) is 2.87. The molecule has 0 spiro atoms. The summed E-state index contributed by atoms with van der Waals surface area (Å²) in [5.41, 5.74) is 3.40. The SMILES string of the molecule is [CH2-]/C=C(\C[CH2-])c1ccc(CC)nc1.[V+2]. The van der Waals surface area contributed by atoms with E-state index in [2.05, 4.69) is 37.9 Å². The van der Waals surface area contributed by atoms with Gasteiger partial charge in [-0.2, -0.15) is 0 Å². The van der Waals surface area contributed by atoms with E-state index >= 15 is 0 Å². The van der Waals surface area contributed by atoms with Crippen LogP contribution in [0.3, 0.4) is 0 Å². The van der Waals surface area contributed by atoms with E-state index in [0.29, 0.717) is 0 Å². The summed E-state index contributed by atoms with van der Waals surface area (Å²) in [5.74, 6) is 0. The van der Waals surface area contributed by atoms with Crippen molar-refractivity contribution in [2.24, 2.45) is 0 Å². The monoisotopic (exact) mass is 224 g/mol. The summed E-state index contributed by atoms with van der Waals surface area (Å²) in [6.45, 7) is 9.68. The number of nitrogens with zero attached hydrogens (tertiary/aromatic N) is 1. The fourth-order valence-corrected chi connectivity index (χ4v) is 1.19. The number of aryl methyl sites for hydroxylation is 1. The summed E-state index contributed by atoms with van der Waals surface area (Å²) in [6.07, 6.45) is 5.47. The first kappa shape index (κ1) is 13.3. The number of aromatic nitrogens is 1. The van der Waals surface area contributed by atoms with Crippen molar-refractivity contribution >= 4 is 5.57 Å². The van der Waals surface area contributed by atoms with Crippen LogP contribution in [0, 0.1) is 13.8 Å². The molecule has 0 aliphatic carbocycles. The molecule has 0 saturated heterocycles. The van der Waals surface area contributed by atoms with Crippen molar-refractivity contribution in [3.63, 3.8) is 0 Å². The smallest absolute Gasteiger partial charge is 0.355 e. The quantitative estimate of drug-likeness (QED) is 0.719. The molecule has 0 N–H and O–H groups in total. The van der Waals surface area contributed by atoms with Gasteiger partial charge in [-0.1, -0.05) is 18.6 Å². The molecule has 1 aromatic heterocycles. The van der Waals surface area contributed by atoms with Crippen LogP contribution in [0.5, 0.6) is 0 Å². The van der Waals surface area contributed by atoms with Gasteiger partial charge in [-0.25, -0.2) is 25.0 Å². The zero-order valence-electron chi connectivity index (χ0n) is 8.53. The summed E-state index contributed by atoms with van der Waals surface area (Å²) in [7, 11) is 0. The van der Waals surface area contributed by atoms with Crippen LogP contribution in [-0.4, -0.2) is 4.98 Å². The third-order valence-electron chi connectivity index (χ3n) is 2.07. The fourth-order valence-electron chi connectivity index (χ4n) is 1.19. The Bertz CT molecular complexity index is 288. The van der Waals surface area contributed by atoms with Crippen molar-refractivity contribution in [2.45, 2.75) is 19.8 Å². The van der Waals surface area contributed by atoms with Gasteiger partial charge in [-0.3, -0.25) is 4.98 Å². The zero-order chi connectivity index (χ0) is 9.68. The van der Waals surface area contributed by atoms with Gasteiger partial charge in [0.15, 0.2) is 0 Å². The zero-order valence-corrected chi connectivity index (χ0v) is 9.93. The Morgan fingerprint density at radius 2 is 2.21 bits per heavy atom. The maximum absolute atomic E-state index is 4.32. The molecule has 1 heterocycles. The third-order valence-corrected chi connectivity index (χ3v) is 2.07. The number of allylic oxidation sites excluding steroid dienone is 2. The minimum atomic E-state index is 0. The minimum Gasteiger partial charge on any atom is -0.355 e. The van der Waals surface area contributed by atoms with Crippen molar-refractivity contribution < 1.29 is 18.6 Å². The molecule has 0 fully saturated rings. The number of rotatable bonds is 3. The van der Waals surface area contributed by atoms with E-state index in [4.69, 9.17) is 0 Å². The molecule has 0 saturated carbocycles. The van der Waals surface area contributed by atoms with Crippen LogP contribution in [0.15, 0.2) is 24.4 Å². The molecule has 14 heavy (non-hydrogen) atoms. The molecule has 0 aromatic carbocycles. The van der Waals surface area contributed by atoms with Crippen molar-refractivity contribution in [1.82, 2.24) is 4.98 Å². The first-order valence-corrected chi connectivity index (χ1v) is 4.54. The predicted molar refractivity (Wildman–Crippen MR) is 56.9 cm³/mol. The van der Waals surface area contributed by atoms with Gasteiger partial charge < -0.3 is 6.92 Å². The summed E-state index contributed by atoms with van der Waals surface area (Å²) in [5, 5.41) is 0. The van der Waals surface area contributed by atoms with E-state index < -0.39 is 0 Å². The van der Waals surface area contributed by atoms with Crippen molar-refractivity contribution in [3.05, 3.63) is 49.5 Å². The Morgan fingerprint density at radius 1 is 1.50 bits per heavy atom. The third kappa shape index (κ3) is 3.24. The number of hydrogen-bond acceptors (Lipinski definition) is 1. The maximum atomic E-state index is 4.32. The summed E-state index contributed by atoms with van der Waals surface area (Å²) in [4.78, 5) is 4.32. The van der Waals surface area contributed by atoms with Gasteiger partial charge in [-0.05, 0) is 12.5 Å². The number of hydrogen-bond donors (Lipinski definition) is 0. The molecule has 1 radical (unpaired) electrons. The van der Waals surface area contributed by atoms with Crippen LogP contribution in [0.25, 0.3) is 5.57 Å². The molecule has 73 valence electrons. The molecule has 0 bridgehead atoms. The standard InChI is InChI=1S/C12H15N.V/c1-4-10(5-2)11-7-8-12(6-3)13-9-11;/h4,7-9H,1-2,5-6H2,3H3;/q-2;+2/b10-4+;. The van der Waals surface area contributed by atoms with Gasteiger partial charge in [0.2, 0.25) is 0 Å². The Morgan fingerprint density at radius 3 is 2.57 bits per heavy atom. The average Bonchev–Trinajstić information content (AvgIpc) is 2.21. The molecule has 0 atom stereocenters. The van der Waals surface area contributed by atoms with E-state index in [0.717, 1.165) is 29.7 Å². The maximum Gasteiger partial charge on any atom is 2.00 e. The molecule has 0 aliphatic rings. The van der Waals surface area contributed by atoms with E-state index in [1.165, 1.54) is 0 Å². The van der Waals surface area contributed by atoms with Gasteiger partial charge in [0, 0.05) is 11.9 Å². The first-order valence-electron chi connectivity index (χ1n) is 4.54. The van der Waals surface area contributed by atoms with E-state index in [-0.39, 0.29) is 18.6 Å². The molecule has 1 aromatic rings. The molecule has 0 amide bonds. The van der Waals surface area contributed by atoms with Gasteiger partial charge in [0.1, 0.15) is 0 Å². The van der Waals surface area contributed by atoms with Crippen molar-refractivity contribution in [3.8, 4) is 0 Å². The largest absolute Gasteiger partial charge is 2.00 e. The molecular weight excluding hydrogens is 209 g/mol. The van der Waals surface area contributed by atoms with E-state index in [1.54, 1.807) is 0 Å². The Balaban J connectivity index is 0.00000169. The predicted octanol–water partition coefficient (Wildman–Crippen LogP) is 3.08. The van der Waals surface area contributed by atoms with Gasteiger partial charge >= 0.3 is 18.6 Å². The molecule has 1 rings (SSSR count). The minimum absolute atomic E-state index is 0. The van der Waals surface area contributed by atoms with Crippen LogP contribution >= 0.6 is 0 Å². The fraction of sp³-hybridized carbons (Fsp3) is 0.250.